The number of carboxylic acid groups (broad SMARTS) is 1. The van der Waals surface area contributed by atoms with Crippen LogP contribution in [-0.4, -0.2) is 33.4 Å². The van der Waals surface area contributed by atoms with Gasteiger partial charge in [-0.1, -0.05) is 24.3 Å². The highest BCUT2D eigenvalue weighted by Gasteiger charge is 2.41. The zero-order chi connectivity index (χ0) is 20.3. The zero-order valence-corrected chi connectivity index (χ0v) is 17.8. The van der Waals surface area contributed by atoms with Crippen LogP contribution in [0.3, 0.4) is 0 Å². The second-order valence-electron chi connectivity index (χ2n) is 7.70. The molecular weight excluding hydrogens is 392 g/mol. The van der Waals surface area contributed by atoms with Crippen molar-refractivity contribution in [3.8, 4) is 0 Å². The second-order valence-corrected chi connectivity index (χ2v) is 9.32. The van der Waals surface area contributed by atoms with Gasteiger partial charge in [0, 0.05) is 16.0 Å². The van der Waals surface area contributed by atoms with Gasteiger partial charge in [-0.2, -0.15) is 0 Å². The van der Waals surface area contributed by atoms with Crippen molar-refractivity contribution in [2.45, 2.75) is 49.5 Å². The Morgan fingerprint density at radius 3 is 2.54 bits per heavy atom. The topological polar surface area (TPSA) is 57.5 Å². The summed E-state index contributed by atoms with van der Waals surface area (Å²) in [6, 6.07) is 13.4. The summed E-state index contributed by atoms with van der Waals surface area (Å²) in [4.78, 5) is 12.3. The highest BCUT2D eigenvalue weighted by atomic mass is 35.5. The fourth-order valence-corrected chi connectivity index (χ4v) is 5.95. The molecule has 0 bridgehead atoms. The fraction of sp³-hybridized carbons (Fsp3) is 0.435. The highest BCUT2D eigenvalue weighted by Crippen LogP contribution is 2.42. The number of halogens is 1. The number of hydrogen-bond acceptors (Lipinski definition) is 3. The molecule has 2 N–H and O–H groups in total. The lowest BCUT2D eigenvalue weighted by atomic mass is 9.89. The van der Waals surface area contributed by atoms with Gasteiger partial charge in [-0.15, -0.1) is 23.4 Å². The lowest BCUT2D eigenvalue weighted by Crippen LogP contribution is -2.23. The Morgan fingerprint density at radius 2 is 1.86 bits per heavy atom. The van der Waals surface area contributed by atoms with Crippen molar-refractivity contribution in [2.75, 3.05) is 5.75 Å². The Bertz CT molecular complexity index is 821. The Morgan fingerprint density at radius 1 is 1.14 bits per heavy atom. The van der Waals surface area contributed by atoms with Gasteiger partial charge in [0.2, 0.25) is 0 Å². The number of aliphatic hydroxyl groups excluding tert-OH is 1. The molecule has 0 heterocycles. The van der Waals surface area contributed by atoms with Crippen LogP contribution in [0.4, 0.5) is 0 Å². The van der Waals surface area contributed by atoms with E-state index in [1.54, 1.807) is 12.1 Å². The van der Waals surface area contributed by atoms with Crippen molar-refractivity contribution in [3.05, 3.63) is 64.7 Å². The summed E-state index contributed by atoms with van der Waals surface area (Å²) in [5.41, 5.74) is 4.00. The molecule has 0 saturated heterocycles. The molecule has 4 atom stereocenters. The lowest BCUT2D eigenvalue weighted by molar-refractivity contribution is 0.0697. The molecule has 0 radical (unpaired) electrons. The third-order valence-corrected chi connectivity index (χ3v) is 7.74. The van der Waals surface area contributed by atoms with Gasteiger partial charge < -0.3 is 10.2 Å². The average molecular weight is 419 g/mol. The number of carbonyl (C=O) groups is 1. The molecule has 28 heavy (non-hydrogen) atoms. The first-order valence-corrected chi connectivity index (χ1v) is 11.1. The Hall–Kier alpha value is -1.49. The molecule has 150 valence electrons. The van der Waals surface area contributed by atoms with Crippen molar-refractivity contribution in [1.82, 2.24) is 0 Å². The van der Waals surface area contributed by atoms with Gasteiger partial charge in [0.05, 0.1) is 11.7 Å². The fourth-order valence-electron chi connectivity index (χ4n) is 3.98. The van der Waals surface area contributed by atoms with E-state index in [0.29, 0.717) is 12.0 Å². The summed E-state index contributed by atoms with van der Waals surface area (Å²) in [5, 5.41) is 19.6. The van der Waals surface area contributed by atoms with E-state index < -0.39 is 5.97 Å². The van der Waals surface area contributed by atoms with Crippen LogP contribution in [-0.2, 0) is 6.42 Å². The van der Waals surface area contributed by atoms with E-state index in [1.807, 2.05) is 23.9 Å². The number of hydrogen-bond donors (Lipinski definition) is 2. The number of aryl methyl sites for hydroxylation is 2. The maximum absolute atomic E-state index is 11.0. The van der Waals surface area contributed by atoms with Crippen LogP contribution < -0.4 is 0 Å². The molecule has 3 nitrogen and oxygen atoms in total. The molecule has 0 aliphatic heterocycles. The van der Waals surface area contributed by atoms with Crippen LogP contribution >= 0.6 is 23.4 Å². The minimum atomic E-state index is -0.911. The number of aliphatic hydroxyl groups is 1. The summed E-state index contributed by atoms with van der Waals surface area (Å²) >= 11 is 8.44. The van der Waals surface area contributed by atoms with E-state index in [2.05, 4.69) is 32.0 Å². The van der Waals surface area contributed by atoms with Crippen LogP contribution in [0.2, 0.25) is 0 Å². The summed E-state index contributed by atoms with van der Waals surface area (Å²) in [7, 11) is 0. The smallest absolute Gasteiger partial charge is 0.335 e. The van der Waals surface area contributed by atoms with E-state index >= 15 is 0 Å². The third-order valence-electron chi connectivity index (χ3n) is 5.93. The summed E-state index contributed by atoms with van der Waals surface area (Å²) in [6.07, 6.45) is 1.94. The number of aromatic carboxylic acids is 1. The first kappa shape index (κ1) is 21.2. The molecule has 1 aliphatic rings. The van der Waals surface area contributed by atoms with Crippen molar-refractivity contribution < 1.29 is 15.0 Å². The number of alkyl halides is 1. The predicted octanol–water partition coefficient (Wildman–Crippen LogP) is 5.33. The van der Waals surface area contributed by atoms with E-state index in [-0.39, 0.29) is 23.3 Å². The maximum Gasteiger partial charge on any atom is 0.335 e. The molecule has 1 saturated carbocycles. The number of thioether (sulfide) groups is 1. The first-order valence-electron chi connectivity index (χ1n) is 9.70. The monoisotopic (exact) mass is 418 g/mol. The summed E-state index contributed by atoms with van der Waals surface area (Å²) in [6.45, 7) is 4.28. The second kappa shape index (κ2) is 9.34. The van der Waals surface area contributed by atoms with Gasteiger partial charge in [-0.3, -0.25) is 0 Å². The molecule has 2 aromatic rings. The quantitative estimate of drug-likeness (QED) is 0.471. The van der Waals surface area contributed by atoms with E-state index in [1.165, 1.54) is 16.0 Å². The van der Waals surface area contributed by atoms with Gasteiger partial charge in [0.15, 0.2) is 0 Å². The first-order chi connectivity index (χ1) is 13.4. The largest absolute Gasteiger partial charge is 0.478 e. The standard InChI is InChI=1S/C23H27ClO3S/c1-14-4-3-5-22(15(14)2)28-13-19-18(21(25)12-20(19)24)11-8-16-6-9-17(10-7-16)23(26)27/h3-7,9-10,18-21,25H,8,11-13H2,1-2H3,(H,26,27)/t18-,19?,20?,21?/m1/s1. The van der Waals surface area contributed by atoms with Gasteiger partial charge in [-0.05, 0) is 79.8 Å². The van der Waals surface area contributed by atoms with Crippen LogP contribution in [0.15, 0.2) is 47.4 Å². The van der Waals surface area contributed by atoms with Crippen LogP contribution in [0.1, 0.15) is 39.9 Å². The Balaban J connectivity index is 1.63. The molecule has 3 rings (SSSR count). The van der Waals surface area contributed by atoms with Crippen molar-refractivity contribution in [1.29, 1.82) is 0 Å². The molecule has 1 aliphatic carbocycles. The number of benzene rings is 2. The molecule has 2 aromatic carbocycles. The third kappa shape index (κ3) is 4.91. The van der Waals surface area contributed by atoms with Gasteiger partial charge >= 0.3 is 5.97 Å². The Kier molecular flexibility index (Phi) is 7.08. The zero-order valence-electron chi connectivity index (χ0n) is 16.3. The number of carboxylic acids is 1. The lowest BCUT2D eigenvalue weighted by Gasteiger charge is -2.23. The molecule has 0 aromatic heterocycles. The van der Waals surface area contributed by atoms with Gasteiger partial charge in [0.25, 0.3) is 0 Å². The highest BCUT2D eigenvalue weighted by molar-refractivity contribution is 7.99. The van der Waals surface area contributed by atoms with Crippen LogP contribution in [0, 0.1) is 25.7 Å². The van der Waals surface area contributed by atoms with Crippen LogP contribution in [0.5, 0.6) is 0 Å². The van der Waals surface area contributed by atoms with Crippen molar-refractivity contribution >= 4 is 29.3 Å². The minimum absolute atomic E-state index is 0.00741. The summed E-state index contributed by atoms with van der Waals surface area (Å²) in [5.74, 6) is 0.420. The molecule has 0 spiro atoms. The number of rotatable bonds is 7. The van der Waals surface area contributed by atoms with Crippen molar-refractivity contribution in [2.24, 2.45) is 11.8 Å². The molecule has 0 amide bonds. The molecule has 5 heteroatoms. The SMILES string of the molecule is Cc1cccc(SCC2C(Cl)CC(O)[C@@H]2CCc2ccc(C(=O)O)cc2)c1C. The predicted molar refractivity (Wildman–Crippen MR) is 116 cm³/mol. The minimum Gasteiger partial charge on any atom is -0.478 e. The van der Waals surface area contributed by atoms with E-state index in [4.69, 9.17) is 16.7 Å². The molecular formula is C23H27ClO3S. The normalized spacial score (nSPS) is 24.4. The Labute approximate surface area is 176 Å². The van der Waals surface area contributed by atoms with Crippen LogP contribution in [0.25, 0.3) is 0 Å². The average Bonchev–Trinajstić information content (AvgIpc) is 2.94. The summed E-state index contributed by atoms with van der Waals surface area (Å²) < 4.78 is 0. The molecule has 3 unspecified atom stereocenters. The van der Waals surface area contributed by atoms with Crippen molar-refractivity contribution in [3.63, 3.8) is 0 Å². The molecule has 1 fully saturated rings. The van der Waals surface area contributed by atoms with E-state index in [0.717, 1.165) is 24.2 Å². The maximum atomic E-state index is 11.0. The van der Waals surface area contributed by atoms with Gasteiger partial charge in [0.1, 0.15) is 0 Å². The van der Waals surface area contributed by atoms with E-state index in [9.17, 15) is 9.90 Å². The van der Waals surface area contributed by atoms with Gasteiger partial charge in [-0.25, -0.2) is 4.79 Å².